The molecule has 2 N–H and O–H groups in total. The molecule has 1 atom stereocenters. The van der Waals surface area contributed by atoms with Crippen molar-refractivity contribution < 1.29 is 14.3 Å². The lowest BCUT2D eigenvalue weighted by Crippen LogP contribution is -2.28. The van der Waals surface area contributed by atoms with Gasteiger partial charge in [-0.1, -0.05) is 23.9 Å². The number of nitrogens with zero attached hydrogens (tertiary/aromatic N) is 2. The number of aryl methyl sites for hydroxylation is 2. The monoisotopic (exact) mass is 410 g/mol. The second kappa shape index (κ2) is 9.38. The molecule has 1 unspecified atom stereocenters. The molecule has 8 heteroatoms. The van der Waals surface area contributed by atoms with E-state index in [1.807, 2.05) is 56.3 Å². The predicted molar refractivity (Wildman–Crippen MR) is 117 cm³/mol. The predicted octanol–water partition coefficient (Wildman–Crippen LogP) is 3.26. The minimum Gasteiger partial charge on any atom is -0.497 e. The second-order valence-electron chi connectivity index (χ2n) is 6.59. The lowest BCUT2D eigenvalue weighted by Gasteiger charge is -2.10. The third kappa shape index (κ3) is 5.68. The Morgan fingerprint density at radius 3 is 2.72 bits per heavy atom. The highest BCUT2D eigenvalue weighted by molar-refractivity contribution is 8.15. The van der Waals surface area contributed by atoms with E-state index in [9.17, 15) is 9.59 Å². The molecule has 0 bridgehead atoms. The van der Waals surface area contributed by atoms with Crippen LogP contribution in [0, 0.1) is 13.8 Å². The number of anilines is 1. The van der Waals surface area contributed by atoms with Crippen molar-refractivity contribution in [3.8, 4) is 5.75 Å². The first-order chi connectivity index (χ1) is 13.9. The van der Waals surface area contributed by atoms with Crippen LogP contribution in [-0.4, -0.2) is 35.6 Å². The molecule has 0 radical (unpaired) electrons. The summed E-state index contributed by atoms with van der Waals surface area (Å²) < 4.78 is 5.10. The van der Waals surface area contributed by atoms with E-state index in [0.717, 1.165) is 28.1 Å². The number of methoxy groups -OCH3 is 1. The molecular formula is C21H22N4O3S. The van der Waals surface area contributed by atoms with Crippen molar-refractivity contribution >= 4 is 40.6 Å². The average molecular weight is 410 g/mol. The summed E-state index contributed by atoms with van der Waals surface area (Å²) in [7, 11) is 1.60. The zero-order chi connectivity index (χ0) is 20.8. The first-order valence-electron chi connectivity index (χ1n) is 9.04. The van der Waals surface area contributed by atoms with Crippen LogP contribution in [-0.2, 0) is 9.59 Å². The third-order valence-corrected chi connectivity index (χ3v) is 5.36. The fourth-order valence-electron chi connectivity index (χ4n) is 2.66. The quantitative estimate of drug-likeness (QED) is 0.565. The molecule has 1 saturated heterocycles. The Balaban J connectivity index is 1.56. The highest BCUT2D eigenvalue weighted by Crippen LogP contribution is 2.24. The number of hydrogen-bond donors (Lipinski definition) is 2. The number of amides is 2. The van der Waals surface area contributed by atoms with Crippen LogP contribution < -0.4 is 15.4 Å². The van der Waals surface area contributed by atoms with Gasteiger partial charge in [0.25, 0.3) is 0 Å². The van der Waals surface area contributed by atoms with Crippen molar-refractivity contribution in [1.29, 1.82) is 0 Å². The van der Waals surface area contributed by atoms with Gasteiger partial charge in [-0.15, -0.1) is 5.10 Å². The van der Waals surface area contributed by atoms with Gasteiger partial charge in [-0.2, -0.15) is 5.10 Å². The van der Waals surface area contributed by atoms with Crippen molar-refractivity contribution in [3.63, 3.8) is 0 Å². The van der Waals surface area contributed by atoms with Gasteiger partial charge in [-0.05, 0) is 60.9 Å². The number of rotatable bonds is 6. The van der Waals surface area contributed by atoms with Gasteiger partial charge >= 0.3 is 0 Å². The van der Waals surface area contributed by atoms with Crippen molar-refractivity contribution in [2.24, 2.45) is 10.2 Å². The zero-order valence-corrected chi connectivity index (χ0v) is 17.2. The maximum absolute atomic E-state index is 12.4. The number of carbonyl (C=O) groups excluding carboxylic acids is 2. The first kappa shape index (κ1) is 20.6. The minimum absolute atomic E-state index is 0.0606. The van der Waals surface area contributed by atoms with Crippen LogP contribution in [0.2, 0.25) is 0 Å². The summed E-state index contributed by atoms with van der Waals surface area (Å²) in [6.07, 6.45) is 1.64. The van der Waals surface area contributed by atoms with E-state index in [4.69, 9.17) is 4.74 Å². The van der Waals surface area contributed by atoms with Gasteiger partial charge in [0.1, 0.15) is 11.0 Å². The van der Waals surface area contributed by atoms with Crippen molar-refractivity contribution in [2.45, 2.75) is 25.5 Å². The molecule has 0 spiro atoms. The van der Waals surface area contributed by atoms with Gasteiger partial charge < -0.3 is 15.4 Å². The van der Waals surface area contributed by atoms with E-state index in [0.29, 0.717) is 5.17 Å². The summed E-state index contributed by atoms with van der Waals surface area (Å²) in [5, 5.41) is 13.4. The second-order valence-corrected chi connectivity index (χ2v) is 7.78. The fourth-order valence-corrected chi connectivity index (χ4v) is 3.59. The number of amidine groups is 1. The maximum atomic E-state index is 12.4. The van der Waals surface area contributed by atoms with Crippen LogP contribution in [0.1, 0.15) is 23.1 Å². The lowest BCUT2D eigenvalue weighted by molar-refractivity contribution is -0.122. The molecule has 1 aliphatic heterocycles. The van der Waals surface area contributed by atoms with Gasteiger partial charge in [0, 0.05) is 12.1 Å². The maximum Gasteiger partial charge on any atom is 0.240 e. The Labute approximate surface area is 173 Å². The highest BCUT2D eigenvalue weighted by atomic mass is 32.2. The molecule has 2 aromatic carbocycles. The zero-order valence-electron chi connectivity index (χ0n) is 16.4. The Morgan fingerprint density at radius 2 is 2.00 bits per heavy atom. The molecule has 1 aliphatic rings. The molecule has 2 amide bonds. The van der Waals surface area contributed by atoms with E-state index >= 15 is 0 Å². The van der Waals surface area contributed by atoms with Gasteiger partial charge in [0.2, 0.25) is 11.8 Å². The van der Waals surface area contributed by atoms with E-state index in [1.165, 1.54) is 11.8 Å². The molecule has 0 saturated carbocycles. The Kier molecular flexibility index (Phi) is 6.66. The number of nitrogens with one attached hydrogen (secondary N) is 2. The average Bonchev–Trinajstić information content (AvgIpc) is 3.04. The molecule has 29 heavy (non-hydrogen) atoms. The summed E-state index contributed by atoms with van der Waals surface area (Å²) in [5.74, 6) is 0.299. The van der Waals surface area contributed by atoms with Gasteiger partial charge in [0.05, 0.1) is 13.3 Å². The number of thioether (sulfide) groups is 1. The summed E-state index contributed by atoms with van der Waals surface area (Å²) >= 11 is 1.20. The number of hydrogen-bond acceptors (Lipinski definition) is 6. The van der Waals surface area contributed by atoms with Crippen LogP contribution in [0.25, 0.3) is 0 Å². The highest BCUT2D eigenvalue weighted by Gasteiger charge is 2.32. The summed E-state index contributed by atoms with van der Waals surface area (Å²) in [4.78, 5) is 24.5. The number of carbonyl (C=O) groups is 2. The normalized spacial score (nSPS) is 17.6. The molecule has 3 rings (SSSR count). The molecule has 150 valence electrons. The topological polar surface area (TPSA) is 92.2 Å². The Hall–Kier alpha value is -3.13. The van der Waals surface area contributed by atoms with Crippen molar-refractivity contribution in [2.75, 3.05) is 12.4 Å². The van der Waals surface area contributed by atoms with Crippen LogP contribution >= 0.6 is 11.8 Å². The van der Waals surface area contributed by atoms with Crippen LogP contribution in [0.15, 0.2) is 52.7 Å². The molecular weight excluding hydrogens is 388 g/mol. The first-order valence-corrected chi connectivity index (χ1v) is 9.92. The Bertz CT molecular complexity index is 970. The summed E-state index contributed by atoms with van der Waals surface area (Å²) in [5.41, 5.74) is 3.65. The summed E-state index contributed by atoms with van der Waals surface area (Å²) in [6, 6.07) is 13.2. The molecule has 0 aliphatic carbocycles. The SMILES string of the molecule is COc1ccc(/C=N/N=C2\NC(=O)C(CC(=O)Nc3cc(C)ccc3C)S2)cc1. The fraction of sp³-hybridized carbons (Fsp3) is 0.238. The van der Waals surface area contributed by atoms with Gasteiger partial charge in [-0.25, -0.2) is 0 Å². The van der Waals surface area contributed by atoms with Gasteiger partial charge in [0.15, 0.2) is 5.17 Å². The van der Waals surface area contributed by atoms with E-state index in [-0.39, 0.29) is 18.2 Å². The van der Waals surface area contributed by atoms with Crippen LogP contribution in [0.3, 0.4) is 0 Å². The lowest BCUT2D eigenvalue weighted by atomic mass is 10.1. The van der Waals surface area contributed by atoms with E-state index in [1.54, 1.807) is 13.3 Å². The standard InChI is InChI=1S/C21H22N4O3S/c1-13-4-5-14(2)17(10-13)23-19(26)11-18-20(27)24-21(29-18)25-22-12-15-6-8-16(28-3)9-7-15/h4-10,12,18H,11H2,1-3H3,(H,23,26)(H,24,25,27)/b22-12+. The Morgan fingerprint density at radius 1 is 1.24 bits per heavy atom. The molecule has 1 heterocycles. The molecule has 7 nitrogen and oxygen atoms in total. The van der Waals surface area contributed by atoms with E-state index in [2.05, 4.69) is 20.8 Å². The van der Waals surface area contributed by atoms with Crippen molar-refractivity contribution in [1.82, 2.24) is 5.32 Å². The van der Waals surface area contributed by atoms with Crippen LogP contribution in [0.5, 0.6) is 5.75 Å². The van der Waals surface area contributed by atoms with E-state index < -0.39 is 5.25 Å². The largest absolute Gasteiger partial charge is 0.497 e. The van der Waals surface area contributed by atoms with Crippen molar-refractivity contribution in [3.05, 3.63) is 59.2 Å². The molecule has 2 aromatic rings. The number of ether oxygens (including phenoxy) is 1. The van der Waals surface area contributed by atoms with Crippen LogP contribution in [0.4, 0.5) is 5.69 Å². The number of benzene rings is 2. The molecule has 0 aromatic heterocycles. The smallest absolute Gasteiger partial charge is 0.240 e. The molecule has 1 fully saturated rings. The van der Waals surface area contributed by atoms with Gasteiger partial charge in [-0.3, -0.25) is 9.59 Å². The third-order valence-electron chi connectivity index (χ3n) is 4.29. The summed E-state index contributed by atoms with van der Waals surface area (Å²) in [6.45, 7) is 3.89. The minimum atomic E-state index is -0.532.